The second kappa shape index (κ2) is 9.32. The minimum Gasteiger partial charge on any atom is -0.364 e. The average Bonchev–Trinajstić information content (AvgIpc) is 3.39. The summed E-state index contributed by atoms with van der Waals surface area (Å²) in [5.74, 6) is -0.156. The Kier molecular flexibility index (Phi) is 6.81. The molecule has 2 fully saturated rings. The quantitative estimate of drug-likeness (QED) is 0.451. The molecule has 0 bridgehead atoms. The zero-order valence-corrected chi connectivity index (χ0v) is 21.5. The van der Waals surface area contributed by atoms with Crippen LogP contribution in [0.5, 0.6) is 0 Å². The molecule has 2 aliphatic rings. The number of aromatic nitrogens is 2. The number of nitrogens with one attached hydrogen (secondary N) is 1. The summed E-state index contributed by atoms with van der Waals surface area (Å²) in [5.41, 5.74) is 2.23. The third kappa shape index (κ3) is 5.39. The maximum absolute atomic E-state index is 13.1. The number of carbonyl (C=O) groups is 1. The largest absolute Gasteiger partial charge is 0.364 e. The van der Waals surface area contributed by atoms with Crippen molar-refractivity contribution in [2.24, 2.45) is 5.41 Å². The minimum atomic E-state index is -3.67. The van der Waals surface area contributed by atoms with E-state index in [1.54, 1.807) is 6.20 Å². The number of hydrogen-bond donors (Lipinski definition) is 1. The fraction of sp³-hybridized carbons (Fsp3) is 0.565. The fourth-order valence-corrected chi connectivity index (χ4v) is 6.13. The lowest BCUT2D eigenvalue weighted by Crippen LogP contribution is -2.42. The van der Waals surface area contributed by atoms with Crippen molar-refractivity contribution in [3.05, 3.63) is 36.7 Å². The first-order chi connectivity index (χ1) is 15.6. The van der Waals surface area contributed by atoms with E-state index in [0.717, 1.165) is 60.3 Å². The Labute approximate surface area is 197 Å². The zero-order chi connectivity index (χ0) is 23.7. The van der Waals surface area contributed by atoms with Crippen LogP contribution in [0.3, 0.4) is 0 Å². The Morgan fingerprint density at radius 1 is 1.09 bits per heavy atom. The Morgan fingerprint density at radius 3 is 2.45 bits per heavy atom. The lowest BCUT2D eigenvalue weighted by Gasteiger charge is -2.32. The SMILES string of the molecule is C[Si](C)(C)CCOCS(=O)(=O)n1cc(-c2ccc(N3CCC4(CCNCC4)C3=O)cc2)cn1. The van der Waals surface area contributed by atoms with Gasteiger partial charge in [-0.25, -0.2) is 8.42 Å². The molecule has 2 aliphatic heterocycles. The van der Waals surface area contributed by atoms with Crippen LogP contribution < -0.4 is 10.2 Å². The number of anilines is 1. The molecule has 1 spiro atoms. The van der Waals surface area contributed by atoms with Gasteiger partial charge in [0.05, 0.1) is 17.8 Å². The molecule has 0 radical (unpaired) electrons. The molecule has 1 amide bonds. The third-order valence-corrected chi connectivity index (χ3v) is 9.60. The summed E-state index contributed by atoms with van der Waals surface area (Å²) in [7, 11) is -4.94. The summed E-state index contributed by atoms with van der Waals surface area (Å²) in [6.07, 6.45) is 5.75. The normalized spacial score (nSPS) is 18.9. The van der Waals surface area contributed by atoms with Crippen LogP contribution in [0.25, 0.3) is 11.1 Å². The van der Waals surface area contributed by atoms with E-state index in [4.69, 9.17) is 4.74 Å². The maximum atomic E-state index is 13.1. The summed E-state index contributed by atoms with van der Waals surface area (Å²) in [4.78, 5) is 15.0. The molecule has 1 aromatic heterocycles. The number of nitrogens with zero attached hydrogens (tertiary/aromatic N) is 3. The van der Waals surface area contributed by atoms with Crippen LogP contribution >= 0.6 is 0 Å². The highest BCUT2D eigenvalue weighted by atomic mass is 32.2. The van der Waals surface area contributed by atoms with Gasteiger partial charge >= 0.3 is 0 Å². The van der Waals surface area contributed by atoms with Crippen LogP contribution in [0.2, 0.25) is 25.7 Å². The van der Waals surface area contributed by atoms with E-state index < -0.39 is 18.1 Å². The van der Waals surface area contributed by atoms with E-state index in [-0.39, 0.29) is 17.3 Å². The first kappa shape index (κ1) is 24.1. The average molecular weight is 491 g/mol. The first-order valence-corrected chi connectivity index (χ1v) is 16.9. The molecule has 1 aromatic carbocycles. The second-order valence-electron chi connectivity index (χ2n) is 10.3. The van der Waals surface area contributed by atoms with Crippen LogP contribution in [0.4, 0.5) is 5.69 Å². The molecule has 8 nitrogen and oxygen atoms in total. The van der Waals surface area contributed by atoms with Gasteiger partial charge in [-0.15, -0.1) is 0 Å². The van der Waals surface area contributed by atoms with E-state index in [1.807, 2.05) is 29.2 Å². The summed E-state index contributed by atoms with van der Waals surface area (Å²) in [6.45, 7) is 9.65. The number of hydrogen-bond acceptors (Lipinski definition) is 6. The van der Waals surface area contributed by atoms with Crippen LogP contribution in [-0.2, 0) is 19.6 Å². The standard InChI is InChI=1S/C23H34N4O4SSi/c1-33(2,3)15-14-31-18-32(29,30)27-17-20(16-25-27)19-4-6-21(7-5-19)26-13-10-23(22(26)28)8-11-24-12-9-23/h4-7,16-17,24H,8-15,18H2,1-3H3. The van der Waals surface area contributed by atoms with Crippen LogP contribution in [0, 0.1) is 5.41 Å². The highest BCUT2D eigenvalue weighted by Gasteiger charge is 2.47. The van der Waals surface area contributed by atoms with E-state index >= 15 is 0 Å². The van der Waals surface area contributed by atoms with Gasteiger partial charge in [-0.2, -0.15) is 9.19 Å². The molecule has 1 N–H and O–H groups in total. The Balaban J connectivity index is 1.40. The molecule has 0 atom stereocenters. The summed E-state index contributed by atoms with van der Waals surface area (Å²) < 4.78 is 31.5. The predicted molar refractivity (Wildman–Crippen MR) is 132 cm³/mol. The predicted octanol–water partition coefficient (Wildman–Crippen LogP) is 3.15. The topological polar surface area (TPSA) is 93.5 Å². The molecular weight excluding hydrogens is 456 g/mol. The fourth-order valence-electron chi connectivity index (χ4n) is 4.47. The molecule has 180 valence electrons. The molecule has 0 unspecified atom stereocenters. The zero-order valence-electron chi connectivity index (χ0n) is 19.7. The van der Waals surface area contributed by atoms with Crippen LogP contribution in [0.15, 0.2) is 36.7 Å². The van der Waals surface area contributed by atoms with Crippen LogP contribution in [0.1, 0.15) is 19.3 Å². The van der Waals surface area contributed by atoms with Crippen LogP contribution in [-0.4, -0.2) is 63.8 Å². The molecule has 3 heterocycles. The molecule has 2 aromatic rings. The van der Waals surface area contributed by atoms with Gasteiger partial charge in [0.25, 0.3) is 10.0 Å². The van der Waals surface area contributed by atoms with Crippen molar-refractivity contribution in [3.8, 4) is 11.1 Å². The number of carbonyl (C=O) groups excluding carboxylic acids is 1. The van der Waals surface area contributed by atoms with Gasteiger partial charge in [0.1, 0.15) is 0 Å². The highest BCUT2D eigenvalue weighted by molar-refractivity contribution is 7.89. The first-order valence-electron chi connectivity index (χ1n) is 11.6. The van der Waals surface area contributed by atoms with Gasteiger partial charge in [0.15, 0.2) is 5.94 Å². The van der Waals surface area contributed by atoms with Crippen molar-refractivity contribution < 1.29 is 17.9 Å². The lowest BCUT2D eigenvalue weighted by atomic mass is 9.78. The molecule has 0 saturated carbocycles. The minimum absolute atomic E-state index is 0.212. The summed E-state index contributed by atoms with van der Waals surface area (Å²) in [5, 5.41) is 7.39. The molecule has 0 aliphatic carbocycles. The van der Waals surface area contributed by atoms with Gasteiger partial charge in [-0.3, -0.25) is 4.79 Å². The number of piperidine rings is 1. The number of amides is 1. The van der Waals surface area contributed by atoms with E-state index in [2.05, 4.69) is 30.1 Å². The molecule has 4 rings (SSSR count). The van der Waals surface area contributed by atoms with Gasteiger partial charge in [0.2, 0.25) is 5.91 Å². The Morgan fingerprint density at radius 2 is 1.79 bits per heavy atom. The van der Waals surface area contributed by atoms with Crippen molar-refractivity contribution >= 4 is 29.7 Å². The number of benzene rings is 1. The molecule has 33 heavy (non-hydrogen) atoms. The number of ether oxygens (including phenoxy) is 1. The van der Waals surface area contributed by atoms with Gasteiger partial charge in [-0.1, -0.05) is 31.8 Å². The van der Waals surface area contributed by atoms with E-state index in [0.29, 0.717) is 12.2 Å². The third-order valence-electron chi connectivity index (χ3n) is 6.66. The molecule has 2 saturated heterocycles. The van der Waals surface area contributed by atoms with E-state index in [9.17, 15) is 13.2 Å². The highest BCUT2D eigenvalue weighted by Crippen LogP contribution is 2.41. The number of rotatable bonds is 8. The maximum Gasteiger partial charge on any atom is 0.278 e. The summed E-state index contributed by atoms with van der Waals surface area (Å²) >= 11 is 0. The van der Waals surface area contributed by atoms with Gasteiger partial charge < -0.3 is 15.0 Å². The monoisotopic (exact) mass is 490 g/mol. The summed E-state index contributed by atoms with van der Waals surface area (Å²) in [6, 6.07) is 8.59. The van der Waals surface area contributed by atoms with Crippen molar-refractivity contribution in [2.75, 3.05) is 37.1 Å². The van der Waals surface area contributed by atoms with Crippen molar-refractivity contribution in [1.29, 1.82) is 0 Å². The molecular formula is C23H34N4O4SSi. The van der Waals surface area contributed by atoms with Crippen molar-refractivity contribution in [3.63, 3.8) is 0 Å². The second-order valence-corrected chi connectivity index (χ2v) is 17.7. The Bertz CT molecular complexity index is 1090. The Hall–Kier alpha value is -2.01. The van der Waals surface area contributed by atoms with E-state index in [1.165, 1.54) is 6.20 Å². The smallest absolute Gasteiger partial charge is 0.278 e. The van der Waals surface area contributed by atoms with Crippen molar-refractivity contribution in [2.45, 2.75) is 44.9 Å². The lowest BCUT2D eigenvalue weighted by molar-refractivity contribution is -0.126. The molecule has 10 heteroatoms. The van der Waals surface area contributed by atoms with Gasteiger partial charge in [0, 0.05) is 32.5 Å². The van der Waals surface area contributed by atoms with Gasteiger partial charge in [-0.05, 0) is 56.1 Å². The van der Waals surface area contributed by atoms with Crippen molar-refractivity contribution in [1.82, 2.24) is 14.5 Å².